The monoisotopic (exact) mass is 328 g/mol. The molecule has 20 heavy (non-hydrogen) atoms. The Balaban J connectivity index is 2.23. The van der Waals surface area contributed by atoms with Crippen LogP contribution in [0.15, 0.2) is 47.4 Å². The maximum absolute atomic E-state index is 12.2. The molecule has 0 saturated heterocycles. The number of hydrogen-bond acceptors (Lipinski definition) is 2. The first-order chi connectivity index (χ1) is 9.47. The van der Waals surface area contributed by atoms with Crippen LogP contribution in [-0.2, 0) is 16.6 Å². The molecule has 0 amide bonds. The normalized spacial score (nSPS) is 12.1. The molecule has 0 bridgehead atoms. The Labute approximate surface area is 128 Å². The van der Waals surface area contributed by atoms with Crippen molar-refractivity contribution < 1.29 is 14.1 Å². The van der Waals surface area contributed by atoms with Gasteiger partial charge in [-0.3, -0.25) is 4.21 Å². The molecule has 2 aromatic carbocycles. The van der Waals surface area contributed by atoms with Crippen molar-refractivity contribution in [3.05, 3.63) is 63.6 Å². The highest BCUT2D eigenvalue weighted by Crippen LogP contribution is 2.21. The van der Waals surface area contributed by atoms with Gasteiger partial charge in [-0.2, -0.15) is 0 Å². The minimum atomic E-state index is -1.34. The molecular weight excluding hydrogens is 319 g/mol. The zero-order chi connectivity index (χ0) is 14.7. The highest BCUT2D eigenvalue weighted by Gasteiger charge is 2.13. The predicted molar refractivity (Wildman–Crippen MR) is 80.0 cm³/mol. The number of rotatable bonds is 4. The summed E-state index contributed by atoms with van der Waals surface area (Å²) in [6.45, 7) is 0. The zero-order valence-corrected chi connectivity index (χ0v) is 12.5. The SMILES string of the molecule is O=C(O)c1cc(S(=O)Cc2ccc(Cl)cc2)ccc1Cl. The molecule has 1 N–H and O–H groups in total. The quantitative estimate of drug-likeness (QED) is 0.922. The third-order valence-corrected chi connectivity index (χ3v) is 4.60. The average Bonchev–Trinajstić information content (AvgIpc) is 2.41. The van der Waals surface area contributed by atoms with Gasteiger partial charge in [0.1, 0.15) is 0 Å². The summed E-state index contributed by atoms with van der Waals surface area (Å²) >= 11 is 11.6. The molecule has 0 aliphatic heterocycles. The fraction of sp³-hybridized carbons (Fsp3) is 0.0714. The van der Waals surface area contributed by atoms with E-state index in [1.807, 2.05) is 0 Å². The van der Waals surface area contributed by atoms with E-state index in [0.717, 1.165) is 5.56 Å². The van der Waals surface area contributed by atoms with Gasteiger partial charge in [-0.1, -0.05) is 35.3 Å². The summed E-state index contributed by atoms with van der Waals surface area (Å²) in [7, 11) is -1.34. The van der Waals surface area contributed by atoms with Crippen LogP contribution >= 0.6 is 23.2 Å². The van der Waals surface area contributed by atoms with Crippen LogP contribution in [0.2, 0.25) is 10.0 Å². The second kappa shape index (κ2) is 6.39. The van der Waals surface area contributed by atoms with E-state index in [9.17, 15) is 9.00 Å². The first-order valence-electron chi connectivity index (χ1n) is 5.63. The lowest BCUT2D eigenvalue weighted by molar-refractivity contribution is 0.0697. The van der Waals surface area contributed by atoms with Gasteiger partial charge in [0.05, 0.1) is 27.1 Å². The molecule has 104 valence electrons. The van der Waals surface area contributed by atoms with Crippen LogP contribution in [0, 0.1) is 0 Å². The fourth-order valence-corrected chi connectivity index (χ4v) is 3.08. The highest BCUT2D eigenvalue weighted by molar-refractivity contribution is 7.84. The molecular formula is C14H10Cl2O3S. The molecule has 0 spiro atoms. The van der Waals surface area contributed by atoms with E-state index in [4.69, 9.17) is 28.3 Å². The molecule has 0 radical (unpaired) electrons. The molecule has 6 heteroatoms. The number of carbonyl (C=O) groups is 1. The fourth-order valence-electron chi connectivity index (χ4n) is 1.63. The van der Waals surface area contributed by atoms with Gasteiger partial charge in [-0.05, 0) is 35.9 Å². The number of hydrogen-bond donors (Lipinski definition) is 1. The van der Waals surface area contributed by atoms with Crippen LogP contribution in [-0.4, -0.2) is 15.3 Å². The lowest BCUT2D eigenvalue weighted by atomic mass is 10.2. The summed E-state index contributed by atoms with van der Waals surface area (Å²) in [6, 6.07) is 11.4. The Kier molecular flexibility index (Phi) is 4.81. The number of aromatic carboxylic acids is 1. The molecule has 2 rings (SSSR count). The minimum absolute atomic E-state index is 0.0476. The van der Waals surface area contributed by atoms with E-state index in [2.05, 4.69) is 0 Å². The third-order valence-electron chi connectivity index (χ3n) is 2.64. The number of halogens is 2. The van der Waals surface area contributed by atoms with Crippen LogP contribution in [0.1, 0.15) is 15.9 Å². The summed E-state index contributed by atoms with van der Waals surface area (Å²) in [5, 5.41) is 9.73. The molecule has 3 nitrogen and oxygen atoms in total. The van der Waals surface area contributed by atoms with E-state index in [1.165, 1.54) is 12.1 Å². The summed E-state index contributed by atoms with van der Waals surface area (Å²) in [6.07, 6.45) is 0. The Morgan fingerprint density at radius 2 is 1.75 bits per heavy atom. The maximum Gasteiger partial charge on any atom is 0.337 e. The topological polar surface area (TPSA) is 54.4 Å². The van der Waals surface area contributed by atoms with E-state index in [1.54, 1.807) is 30.3 Å². The highest BCUT2D eigenvalue weighted by atomic mass is 35.5. The van der Waals surface area contributed by atoms with Gasteiger partial charge in [-0.25, -0.2) is 4.79 Å². The molecule has 0 fully saturated rings. The second-order valence-electron chi connectivity index (χ2n) is 4.06. The Hall–Kier alpha value is -1.36. The van der Waals surface area contributed by atoms with Crippen LogP contribution in [0.5, 0.6) is 0 Å². The molecule has 1 unspecified atom stereocenters. The van der Waals surface area contributed by atoms with Crippen LogP contribution in [0.3, 0.4) is 0 Å². The molecule has 0 aliphatic rings. The average molecular weight is 329 g/mol. The molecule has 0 heterocycles. The Morgan fingerprint density at radius 1 is 1.10 bits per heavy atom. The van der Waals surface area contributed by atoms with Crippen molar-refractivity contribution in [2.75, 3.05) is 0 Å². The maximum atomic E-state index is 12.2. The smallest absolute Gasteiger partial charge is 0.337 e. The third kappa shape index (κ3) is 3.60. The van der Waals surface area contributed by atoms with E-state index < -0.39 is 16.8 Å². The van der Waals surface area contributed by atoms with Gasteiger partial charge in [0, 0.05) is 9.92 Å². The Morgan fingerprint density at radius 3 is 2.35 bits per heavy atom. The Bertz CT molecular complexity index is 669. The number of benzene rings is 2. The predicted octanol–water partition coefficient (Wildman–Crippen LogP) is 4.00. The van der Waals surface area contributed by atoms with E-state index >= 15 is 0 Å². The molecule has 0 aliphatic carbocycles. The second-order valence-corrected chi connectivity index (χ2v) is 6.36. The van der Waals surface area contributed by atoms with Gasteiger partial charge in [-0.15, -0.1) is 0 Å². The van der Waals surface area contributed by atoms with Crippen LogP contribution in [0.4, 0.5) is 0 Å². The minimum Gasteiger partial charge on any atom is -0.478 e. The lowest BCUT2D eigenvalue weighted by Crippen LogP contribution is -2.02. The first-order valence-corrected chi connectivity index (χ1v) is 7.70. The molecule has 1 atom stereocenters. The van der Waals surface area contributed by atoms with Crippen molar-refractivity contribution in [1.82, 2.24) is 0 Å². The summed E-state index contributed by atoms with van der Waals surface area (Å²) in [4.78, 5) is 11.4. The van der Waals surface area contributed by atoms with Crippen molar-refractivity contribution in [3.8, 4) is 0 Å². The van der Waals surface area contributed by atoms with Crippen LogP contribution < -0.4 is 0 Å². The van der Waals surface area contributed by atoms with Gasteiger partial charge in [0.25, 0.3) is 0 Å². The van der Waals surface area contributed by atoms with Gasteiger partial charge < -0.3 is 5.11 Å². The summed E-state index contributed by atoms with van der Waals surface area (Å²) in [5.74, 6) is -0.849. The summed E-state index contributed by atoms with van der Waals surface area (Å²) < 4.78 is 12.2. The molecule has 0 saturated carbocycles. The van der Waals surface area contributed by atoms with Crippen molar-refractivity contribution >= 4 is 40.0 Å². The number of carboxylic acids is 1. The largest absolute Gasteiger partial charge is 0.478 e. The zero-order valence-electron chi connectivity index (χ0n) is 10.2. The van der Waals surface area contributed by atoms with Crippen LogP contribution in [0.25, 0.3) is 0 Å². The van der Waals surface area contributed by atoms with Gasteiger partial charge >= 0.3 is 5.97 Å². The summed E-state index contributed by atoms with van der Waals surface area (Å²) in [5.41, 5.74) is 0.813. The van der Waals surface area contributed by atoms with Crippen molar-refractivity contribution in [2.45, 2.75) is 10.6 Å². The standard InChI is InChI=1S/C14H10Cl2O3S/c15-10-3-1-9(2-4-10)8-20(19)11-5-6-13(16)12(7-11)14(17)18/h1-7H,8H2,(H,17,18). The lowest BCUT2D eigenvalue weighted by Gasteiger charge is -2.05. The first kappa shape index (κ1) is 15.0. The number of carboxylic acid groups (broad SMARTS) is 1. The molecule has 0 aromatic heterocycles. The molecule has 2 aromatic rings. The van der Waals surface area contributed by atoms with Crippen molar-refractivity contribution in [3.63, 3.8) is 0 Å². The van der Waals surface area contributed by atoms with Gasteiger partial charge in [0.2, 0.25) is 0 Å². The van der Waals surface area contributed by atoms with Crippen molar-refractivity contribution in [1.29, 1.82) is 0 Å². The van der Waals surface area contributed by atoms with Gasteiger partial charge in [0.15, 0.2) is 0 Å². The van der Waals surface area contributed by atoms with E-state index in [-0.39, 0.29) is 16.3 Å². The van der Waals surface area contributed by atoms with Crippen molar-refractivity contribution in [2.24, 2.45) is 0 Å². The van der Waals surface area contributed by atoms with E-state index in [0.29, 0.717) is 9.92 Å².